The number of halogens is 2. The molecule has 0 saturated heterocycles. The number of hydrogen-bond donors (Lipinski definition) is 1. The Bertz CT molecular complexity index is 811. The molecule has 0 unspecified atom stereocenters. The SMILES string of the molecule is O=C(CNC(=O)c1ccc(Cl)c([N+](=O)[O-])c1)OCc1ccc(F)cc1. The number of rotatable bonds is 6. The Morgan fingerprint density at radius 3 is 2.52 bits per heavy atom. The highest BCUT2D eigenvalue weighted by molar-refractivity contribution is 6.32. The first-order chi connectivity index (χ1) is 11.9. The summed E-state index contributed by atoms with van der Waals surface area (Å²) in [4.78, 5) is 33.6. The molecule has 1 amide bonds. The van der Waals surface area contributed by atoms with E-state index >= 15 is 0 Å². The molecule has 0 spiro atoms. The van der Waals surface area contributed by atoms with E-state index in [0.717, 1.165) is 6.07 Å². The molecule has 7 nitrogen and oxygen atoms in total. The molecule has 9 heteroatoms. The number of carbonyl (C=O) groups excluding carboxylic acids is 2. The molecule has 2 rings (SSSR count). The molecule has 1 N–H and O–H groups in total. The van der Waals surface area contributed by atoms with Crippen molar-refractivity contribution in [2.24, 2.45) is 0 Å². The van der Waals surface area contributed by atoms with Crippen LogP contribution in [0.1, 0.15) is 15.9 Å². The minimum atomic E-state index is -0.712. The van der Waals surface area contributed by atoms with Crippen LogP contribution in [0.4, 0.5) is 10.1 Å². The van der Waals surface area contributed by atoms with Crippen molar-refractivity contribution in [1.29, 1.82) is 0 Å². The Morgan fingerprint density at radius 2 is 1.88 bits per heavy atom. The first-order valence-electron chi connectivity index (χ1n) is 6.99. The van der Waals surface area contributed by atoms with E-state index in [4.69, 9.17) is 16.3 Å². The van der Waals surface area contributed by atoms with Gasteiger partial charge >= 0.3 is 5.97 Å². The van der Waals surface area contributed by atoms with E-state index in [1.807, 2.05) is 0 Å². The molecule has 0 saturated carbocycles. The molecule has 0 fully saturated rings. The van der Waals surface area contributed by atoms with Gasteiger partial charge in [-0.1, -0.05) is 23.7 Å². The molecule has 0 aliphatic heterocycles. The molecule has 0 atom stereocenters. The fourth-order valence-electron chi connectivity index (χ4n) is 1.84. The van der Waals surface area contributed by atoms with Crippen LogP contribution >= 0.6 is 11.6 Å². The topological polar surface area (TPSA) is 98.5 Å². The van der Waals surface area contributed by atoms with Crippen molar-refractivity contribution >= 4 is 29.2 Å². The van der Waals surface area contributed by atoms with Gasteiger partial charge in [-0.15, -0.1) is 0 Å². The van der Waals surface area contributed by atoms with Crippen LogP contribution < -0.4 is 5.32 Å². The van der Waals surface area contributed by atoms with Gasteiger partial charge in [0.25, 0.3) is 11.6 Å². The average Bonchev–Trinajstić information content (AvgIpc) is 2.59. The Morgan fingerprint density at radius 1 is 1.20 bits per heavy atom. The molecule has 2 aromatic carbocycles. The lowest BCUT2D eigenvalue weighted by Gasteiger charge is -2.07. The van der Waals surface area contributed by atoms with Crippen LogP contribution in [0.2, 0.25) is 5.02 Å². The summed E-state index contributed by atoms with van der Waals surface area (Å²) in [6, 6.07) is 8.94. The highest BCUT2D eigenvalue weighted by atomic mass is 35.5. The summed E-state index contributed by atoms with van der Waals surface area (Å²) in [5.74, 6) is -1.79. The lowest BCUT2D eigenvalue weighted by molar-refractivity contribution is -0.384. The second-order valence-electron chi connectivity index (χ2n) is 4.89. The fraction of sp³-hybridized carbons (Fsp3) is 0.125. The number of ether oxygens (including phenoxy) is 1. The summed E-state index contributed by atoms with van der Waals surface area (Å²) in [6.07, 6.45) is 0. The van der Waals surface area contributed by atoms with Crippen molar-refractivity contribution in [1.82, 2.24) is 5.32 Å². The molecule has 0 aromatic heterocycles. The van der Waals surface area contributed by atoms with E-state index in [0.29, 0.717) is 5.56 Å². The summed E-state index contributed by atoms with van der Waals surface area (Å²) in [7, 11) is 0. The third kappa shape index (κ3) is 5.25. The number of hydrogen-bond acceptors (Lipinski definition) is 5. The lowest BCUT2D eigenvalue weighted by Crippen LogP contribution is -2.30. The third-order valence-electron chi connectivity index (χ3n) is 3.11. The molecular formula is C16H12ClFN2O5. The Hall–Kier alpha value is -3.00. The first-order valence-corrected chi connectivity index (χ1v) is 7.37. The van der Waals surface area contributed by atoms with Crippen LogP contribution in [0.25, 0.3) is 0 Å². The monoisotopic (exact) mass is 366 g/mol. The highest BCUT2D eigenvalue weighted by Gasteiger charge is 2.17. The maximum atomic E-state index is 12.8. The number of esters is 1. The zero-order chi connectivity index (χ0) is 18.4. The summed E-state index contributed by atoms with van der Waals surface area (Å²) < 4.78 is 17.7. The number of nitrogens with zero attached hydrogens (tertiary/aromatic N) is 1. The second kappa shape index (κ2) is 8.20. The number of nitro groups is 1. The van der Waals surface area contributed by atoms with Crippen LogP contribution in [0, 0.1) is 15.9 Å². The maximum absolute atomic E-state index is 12.8. The zero-order valence-corrected chi connectivity index (χ0v) is 13.5. The van der Waals surface area contributed by atoms with Gasteiger partial charge in [0.05, 0.1) is 4.92 Å². The van der Waals surface area contributed by atoms with Crippen LogP contribution in [0.15, 0.2) is 42.5 Å². The minimum absolute atomic E-state index is 0.0116. The summed E-state index contributed by atoms with van der Waals surface area (Å²) in [6.45, 7) is -0.488. The molecule has 0 heterocycles. The molecule has 0 radical (unpaired) electrons. The second-order valence-corrected chi connectivity index (χ2v) is 5.30. The first kappa shape index (κ1) is 18.3. The zero-order valence-electron chi connectivity index (χ0n) is 12.7. The molecule has 0 bridgehead atoms. The number of carbonyl (C=O) groups is 2. The lowest BCUT2D eigenvalue weighted by atomic mass is 10.2. The summed E-state index contributed by atoms with van der Waals surface area (Å²) in [5, 5.41) is 13.0. The number of nitro benzene ring substituents is 1. The van der Waals surface area contributed by atoms with E-state index in [2.05, 4.69) is 5.32 Å². The molecule has 25 heavy (non-hydrogen) atoms. The van der Waals surface area contributed by atoms with Crippen LogP contribution in [-0.2, 0) is 16.1 Å². The summed E-state index contributed by atoms with van der Waals surface area (Å²) >= 11 is 5.66. The van der Waals surface area contributed by atoms with Gasteiger partial charge in [-0.3, -0.25) is 19.7 Å². The Balaban J connectivity index is 1.87. The minimum Gasteiger partial charge on any atom is -0.460 e. The molecule has 0 aliphatic carbocycles. The van der Waals surface area contributed by atoms with Crippen LogP contribution in [0.5, 0.6) is 0 Å². The standard InChI is InChI=1S/C16H12ClFN2O5/c17-13-6-3-11(7-14(13)20(23)24)16(22)19-8-15(21)25-9-10-1-4-12(18)5-2-10/h1-7H,8-9H2,(H,19,22). The molecule has 0 aliphatic rings. The highest BCUT2D eigenvalue weighted by Crippen LogP contribution is 2.24. The van der Waals surface area contributed by atoms with Crippen molar-refractivity contribution < 1.29 is 23.6 Å². The third-order valence-corrected chi connectivity index (χ3v) is 3.43. The van der Waals surface area contributed by atoms with E-state index < -0.39 is 34.8 Å². The molecular weight excluding hydrogens is 355 g/mol. The van der Waals surface area contributed by atoms with Crippen molar-refractivity contribution in [2.75, 3.05) is 6.54 Å². The average molecular weight is 367 g/mol. The van der Waals surface area contributed by atoms with Gasteiger partial charge in [-0.25, -0.2) is 4.39 Å². The normalized spacial score (nSPS) is 10.2. The largest absolute Gasteiger partial charge is 0.460 e. The van der Waals surface area contributed by atoms with E-state index in [9.17, 15) is 24.1 Å². The fourth-order valence-corrected chi connectivity index (χ4v) is 2.03. The van der Waals surface area contributed by atoms with Gasteiger partial charge in [-0.2, -0.15) is 0 Å². The predicted octanol–water partition coefficient (Wildman–Crippen LogP) is 2.86. The molecule has 2 aromatic rings. The Kier molecular flexibility index (Phi) is 6.02. The van der Waals surface area contributed by atoms with Crippen molar-refractivity contribution in [3.8, 4) is 0 Å². The quantitative estimate of drug-likeness (QED) is 0.481. The predicted molar refractivity (Wildman–Crippen MR) is 86.6 cm³/mol. The van der Waals surface area contributed by atoms with Gasteiger partial charge in [0.15, 0.2) is 0 Å². The van der Waals surface area contributed by atoms with Gasteiger partial charge in [0, 0.05) is 11.6 Å². The van der Waals surface area contributed by atoms with Crippen LogP contribution in [0.3, 0.4) is 0 Å². The number of nitrogens with one attached hydrogen (secondary N) is 1. The van der Waals surface area contributed by atoms with Gasteiger partial charge in [-0.05, 0) is 29.8 Å². The van der Waals surface area contributed by atoms with Gasteiger partial charge in [0.1, 0.15) is 24.0 Å². The Labute approximate surface area is 146 Å². The van der Waals surface area contributed by atoms with Crippen molar-refractivity contribution in [3.05, 3.63) is 74.5 Å². The smallest absolute Gasteiger partial charge is 0.325 e. The molecule has 130 valence electrons. The van der Waals surface area contributed by atoms with Crippen molar-refractivity contribution in [3.63, 3.8) is 0 Å². The van der Waals surface area contributed by atoms with Crippen molar-refractivity contribution in [2.45, 2.75) is 6.61 Å². The van der Waals surface area contributed by atoms with E-state index in [1.165, 1.54) is 36.4 Å². The number of benzene rings is 2. The maximum Gasteiger partial charge on any atom is 0.325 e. The van der Waals surface area contributed by atoms with Crippen LogP contribution in [-0.4, -0.2) is 23.3 Å². The number of amides is 1. The summed E-state index contributed by atoms with van der Waals surface area (Å²) in [5.41, 5.74) is 0.171. The van der Waals surface area contributed by atoms with E-state index in [-0.39, 0.29) is 17.2 Å². The van der Waals surface area contributed by atoms with Gasteiger partial charge in [0.2, 0.25) is 0 Å². The van der Waals surface area contributed by atoms with Gasteiger partial charge < -0.3 is 10.1 Å². The van der Waals surface area contributed by atoms with E-state index in [1.54, 1.807) is 0 Å².